The highest BCUT2D eigenvalue weighted by molar-refractivity contribution is 5.95. The molecule has 0 aliphatic carbocycles. The van der Waals surface area contributed by atoms with Crippen LogP contribution in [0, 0.1) is 0 Å². The predicted molar refractivity (Wildman–Crippen MR) is 131 cm³/mol. The van der Waals surface area contributed by atoms with E-state index in [0.29, 0.717) is 30.6 Å². The van der Waals surface area contributed by atoms with Crippen molar-refractivity contribution in [3.8, 4) is 0 Å². The second-order valence-electron chi connectivity index (χ2n) is 8.06. The molecule has 33 heavy (non-hydrogen) atoms. The van der Waals surface area contributed by atoms with Crippen molar-refractivity contribution in [3.63, 3.8) is 0 Å². The van der Waals surface area contributed by atoms with E-state index in [1.54, 1.807) is 11.0 Å². The van der Waals surface area contributed by atoms with Gasteiger partial charge in [-0.1, -0.05) is 72.8 Å². The van der Waals surface area contributed by atoms with E-state index in [1.165, 1.54) is 0 Å². The van der Waals surface area contributed by atoms with Crippen LogP contribution in [0.1, 0.15) is 32.8 Å². The van der Waals surface area contributed by atoms with Gasteiger partial charge in [0.25, 0.3) is 11.8 Å². The molecule has 5 heteroatoms. The molecule has 5 nitrogen and oxygen atoms in total. The van der Waals surface area contributed by atoms with E-state index in [4.69, 9.17) is 0 Å². The molecular weight excluding hydrogens is 410 g/mol. The van der Waals surface area contributed by atoms with Gasteiger partial charge in [0.1, 0.15) is 5.69 Å². The maximum absolute atomic E-state index is 13.0. The standard InChI is InChI=1S/C28H27N3O2/c1-31(28(33)23-13-6-3-7-14-23)24(20-21-10-4-2-5-11-21)18-19-29-27(32)26-17-16-22-12-8-9-15-25(22)30-26/h2-17,24H,18-20H2,1H3,(H,29,32)/t24-/m1/s1. The van der Waals surface area contributed by atoms with Crippen molar-refractivity contribution in [2.24, 2.45) is 0 Å². The monoisotopic (exact) mass is 437 g/mol. The summed E-state index contributed by atoms with van der Waals surface area (Å²) >= 11 is 0. The molecular formula is C28H27N3O2. The second-order valence-corrected chi connectivity index (χ2v) is 8.06. The molecule has 0 unspecified atom stereocenters. The largest absolute Gasteiger partial charge is 0.351 e. The summed E-state index contributed by atoms with van der Waals surface area (Å²) in [4.78, 5) is 32.0. The number of amides is 2. The molecule has 1 N–H and O–H groups in total. The Labute approximate surface area is 194 Å². The van der Waals surface area contributed by atoms with Gasteiger partial charge >= 0.3 is 0 Å². The van der Waals surface area contributed by atoms with E-state index in [1.807, 2.05) is 85.9 Å². The van der Waals surface area contributed by atoms with Crippen LogP contribution in [0.3, 0.4) is 0 Å². The van der Waals surface area contributed by atoms with E-state index in [-0.39, 0.29) is 17.9 Å². The summed E-state index contributed by atoms with van der Waals surface area (Å²) in [5, 5.41) is 3.97. The van der Waals surface area contributed by atoms with Gasteiger partial charge in [0.05, 0.1) is 5.52 Å². The summed E-state index contributed by atoms with van der Waals surface area (Å²) in [6.45, 7) is 0.442. The van der Waals surface area contributed by atoms with Gasteiger partial charge < -0.3 is 10.2 Å². The third-order valence-corrected chi connectivity index (χ3v) is 5.80. The smallest absolute Gasteiger partial charge is 0.269 e. The molecule has 0 aliphatic rings. The highest BCUT2D eigenvalue weighted by Gasteiger charge is 2.22. The number of nitrogens with one attached hydrogen (secondary N) is 1. The fourth-order valence-corrected chi connectivity index (χ4v) is 3.90. The molecule has 0 fully saturated rings. The van der Waals surface area contributed by atoms with Crippen LogP contribution in [-0.2, 0) is 6.42 Å². The van der Waals surface area contributed by atoms with Gasteiger partial charge in [-0.3, -0.25) is 9.59 Å². The number of carbonyl (C=O) groups is 2. The molecule has 0 radical (unpaired) electrons. The lowest BCUT2D eigenvalue weighted by Crippen LogP contribution is -2.41. The summed E-state index contributed by atoms with van der Waals surface area (Å²) in [5.41, 5.74) is 2.99. The number of hydrogen-bond donors (Lipinski definition) is 1. The number of hydrogen-bond acceptors (Lipinski definition) is 3. The van der Waals surface area contributed by atoms with Crippen molar-refractivity contribution >= 4 is 22.7 Å². The molecule has 1 atom stereocenters. The molecule has 166 valence electrons. The molecule has 0 saturated heterocycles. The molecule has 4 rings (SSSR count). The number of para-hydroxylation sites is 1. The lowest BCUT2D eigenvalue weighted by molar-refractivity contribution is 0.0723. The first-order valence-electron chi connectivity index (χ1n) is 11.1. The maximum Gasteiger partial charge on any atom is 0.269 e. The van der Waals surface area contributed by atoms with Gasteiger partial charge in [-0.15, -0.1) is 0 Å². The molecule has 4 aromatic rings. The zero-order valence-corrected chi connectivity index (χ0v) is 18.6. The van der Waals surface area contributed by atoms with Crippen LogP contribution in [0.4, 0.5) is 0 Å². The fourth-order valence-electron chi connectivity index (χ4n) is 3.90. The summed E-state index contributed by atoms with van der Waals surface area (Å²) in [6, 6.07) is 30.7. The van der Waals surface area contributed by atoms with E-state index < -0.39 is 0 Å². The van der Waals surface area contributed by atoms with Crippen LogP contribution < -0.4 is 5.32 Å². The third-order valence-electron chi connectivity index (χ3n) is 5.80. The van der Waals surface area contributed by atoms with Gasteiger partial charge in [0.15, 0.2) is 0 Å². The average Bonchev–Trinajstić information content (AvgIpc) is 2.88. The third kappa shape index (κ3) is 5.63. The molecule has 0 aliphatic heterocycles. The molecule has 3 aromatic carbocycles. The quantitative estimate of drug-likeness (QED) is 0.433. The Morgan fingerprint density at radius 3 is 2.27 bits per heavy atom. The van der Waals surface area contributed by atoms with Gasteiger partial charge in [0.2, 0.25) is 0 Å². The minimum absolute atomic E-state index is 0.0287. The lowest BCUT2D eigenvalue weighted by atomic mass is 10.0. The molecule has 2 amide bonds. The number of likely N-dealkylation sites (N-methyl/N-ethyl adjacent to an activating group) is 1. The van der Waals surface area contributed by atoms with Crippen molar-refractivity contribution in [1.82, 2.24) is 15.2 Å². The first kappa shape index (κ1) is 22.2. The number of pyridine rings is 1. The van der Waals surface area contributed by atoms with E-state index in [9.17, 15) is 9.59 Å². The van der Waals surface area contributed by atoms with Gasteiger partial charge in [-0.25, -0.2) is 4.98 Å². The van der Waals surface area contributed by atoms with Crippen molar-refractivity contribution in [3.05, 3.63) is 114 Å². The van der Waals surface area contributed by atoms with Gasteiger partial charge in [-0.05, 0) is 42.7 Å². The van der Waals surface area contributed by atoms with Gasteiger partial charge in [-0.2, -0.15) is 0 Å². The van der Waals surface area contributed by atoms with Crippen LogP contribution >= 0.6 is 0 Å². The van der Waals surface area contributed by atoms with Crippen LogP contribution in [0.2, 0.25) is 0 Å². The summed E-state index contributed by atoms with van der Waals surface area (Å²) in [7, 11) is 1.83. The number of benzene rings is 3. The number of nitrogens with zero attached hydrogens (tertiary/aromatic N) is 2. The van der Waals surface area contributed by atoms with Crippen molar-refractivity contribution in [1.29, 1.82) is 0 Å². The normalized spacial score (nSPS) is 11.7. The molecule has 0 bridgehead atoms. The van der Waals surface area contributed by atoms with Crippen LogP contribution in [0.5, 0.6) is 0 Å². The Morgan fingerprint density at radius 1 is 0.848 bits per heavy atom. The highest BCUT2D eigenvalue weighted by Crippen LogP contribution is 2.15. The molecule has 1 heterocycles. The first-order chi connectivity index (χ1) is 16.1. The van der Waals surface area contributed by atoms with Crippen LogP contribution in [0.15, 0.2) is 97.1 Å². The van der Waals surface area contributed by atoms with Gasteiger partial charge in [0, 0.05) is 30.6 Å². The van der Waals surface area contributed by atoms with E-state index in [2.05, 4.69) is 22.4 Å². The molecule has 0 saturated carbocycles. The van der Waals surface area contributed by atoms with Crippen molar-refractivity contribution in [2.45, 2.75) is 18.9 Å². The second kappa shape index (κ2) is 10.6. The molecule has 0 spiro atoms. The Bertz CT molecular complexity index is 1230. The van der Waals surface area contributed by atoms with Crippen LogP contribution in [0.25, 0.3) is 10.9 Å². The number of aromatic nitrogens is 1. The Balaban J connectivity index is 1.44. The topological polar surface area (TPSA) is 62.3 Å². The molecule has 1 aromatic heterocycles. The number of fused-ring (bicyclic) bond motifs is 1. The number of rotatable bonds is 8. The first-order valence-corrected chi connectivity index (χ1v) is 11.1. The maximum atomic E-state index is 13.0. The Morgan fingerprint density at radius 2 is 1.52 bits per heavy atom. The highest BCUT2D eigenvalue weighted by atomic mass is 16.2. The Hall–Kier alpha value is -3.99. The summed E-state index contributed by atoms with van der Waals surface area (Å²) < 4.78 is 0. The zero-order chi connectivity index (χ0) is 23.0. The van der Waals surface area contributed by atoms with E-state index in [0.717, 1.165) is 16.5 Å². The van der Waals surface area contributed by atoms with Crippen molar-refractivity contribution < 1.29 is 9.59 Å². The van der Waals surface area contributed by atoms with Crippen LogP contribution in [-0.4, -0.2) is 41.3 Å². The lowest BCUT2D eigenvalue weighted by Gasteiger charge is -2.29. The predicted octanol–water partition coefficient (Wildman–Crippen LogP) is 4.74. The SMILES string of the molecule is CN(C(=O)c1ccccc1)[C@H](CCNC(=O)c1ccc2ccccc2n1)Cc1ccccc1. The van der Waals surface area contributed by atoms with E-state index >= 15 is 0 Å². The summed E-state index contributed by atoms with van der Waals surface area (Å²) in [6.07, 6.45) is 1.34. The summed E-state index contributed by atoms with van der Waals surface area (Å²) in [5.74, 6) is -0.240. The number of carbonyl (C=O) groups excluding carboxylic acids is 2. The van der Waals surface area contributed by atoms with Crippen molar-refractivity contribution in [2.75, 3.05) is 13.6 Å². The fraction of sp³-hybridized carbons (Fsp3) is 0.179. The Kier molecular flexibility index (Phi) is 7.10. The average molecular weight is 438 g/mol. The minimum Gasteiger partial charge on any atom is -0.351 e. The minimum atomic E-state index is -0.212. The zero-order valence-electron chi connectivity index (χ0n) is 18.6.